The zero-order valence-corrected chi connectivity index (χ0v) is 19.6. The normalized spacial score (nSPS) is 14.5. The summed E-state index contributed by atoms with van der Waals surface area (Å²) in [4.78, 5) is 13.0. The van der Waals surface area contributed by atoms with E-state index in [1.807, 2.05) is 75.4 Å². The highest BCUT2D eigenvalue weighted by molar-refractivity contribution is 6.33. The molecule has 0 radical (unpaired) electrons. The van der Waals surface area contributed by atoms with Gasteiger partial charge in [-0.1, -0.05) is 59.6 Å². The smallest absolute Gasteiger partial charge is 0.280 e. The summed E-state index contributed by atoms with van der Waals surface area (Å²) in [5.41, 5.74) is 4.81. The second-order valence-electron chi connectivity index (χ2n) is 7.74. The number of ether oxygens (including phenoxy) is 2. The molecule has 0 bridgehead atoms. The number of aryl methyl sites for hydroxylation is 1. The van der Waals surface area contributed by atoms with Crippen LogP contribution in [0.4, 0.5) is 5.69 Å². The van der Waals surface area contributed by atoms with Crippen LogP contribution >= 0.6 is 11.6 Å². The lowest BCUT2D eigenvalue weighted by Crippen LogP contribution is -2.21. The van der Waals surface area contributed by atoms with Crippen molar-refractivity contribution in [3.05, 3.63) is 94.0 Å². The molecule has 168 valence electrons. The molecule has 33 heavy (non-hydrogen) atoms. The van der Waals surface area contributed by atoms with E-state index in [0.29, 0.717) is 41.0 Å². The quantitative estimate of drug-likeness (QED) is 0.381. The van der Waals surface area contributed by atoms with Gasteiger partial charge in [-0.15, -0.1) is 0 Å². The van der Waals surface area contributed by atoms with E-state index in [4.69, 9.17) is 21.1 Å². The molecule has 6 heteroatoms. The molecule has 5 nitrogen and oxygen atoms in total. The molecule has 0 atom stereocenters. The van der Waals surface area contributed by atoms with Crippen molar-refractivity contribution in [2.75, 3.05) is 11.6 Å². The fraction of sp³-hybridized carbons (Fsp3) is 0.185. The SMILES string of the molecule is CCOc1cc(/C=C2/C(=O)N(c3ccccc3)N=C2C)cc(Cl)c1OCc1cccc(C)c1. The molecular weight excluding hydrogens is 436 g/mol. The number of halogens is 1. The van der Waals surface area contributed by atoms with Gasteiger partial charge >= 0.3 is 0 Å². The number of nitrogens with zero attached hydrogens (tertiary/aromatic N) is 2. The average molecular weight is 461 g/mol. The molecule has 0 saturated carbocycles. The van der Waals surface area contributed by atoms with Crippen molar-refractivity contribution < 1.29 is 14.3 Å². The third-order valence-corrected chi connectivity index (χ3v) is 5.45. The van der Waals surface area contributed by atoms with Crippen LogP contribution in [0.2, 0.25) is 5.02 Å². The zero-order chi connectivity index (χ0) is 23.4. The van der Waals surface area contributed by atoms with E-state index >= 15 is 0 Å². The lowest BCUT2D eigenvalue weighted by atomic mass is 10.1. The van der Waals surface area contributed by atoms with Gasteiger partial charge in [0.05, 0.1) is 28.6 Å². The Bertz CT molecular complexity index is 1240. The number of hydrogen-bond acceptors (Lipinski definition) is 4. The summed E-state index contributed by atoms with van der Waals surface area (Å²) in [6.45, 7) is 6.59. The predicted octanol–water partition coefficient (Wildman–Crippen LogP) is 6.43. The Morgan fingerprint density at radius 2 is 1.79 bits per heavy atom. The van der Waals surface area contributed by atoms with Crippen molar-refractivity contribution in [2.24, 2.45) is 5.10 Å². The number of amides is 1. The largest absolute Gasteiger partial charge is 0.490 e. The topological polar surface area (TPSA) is 51.1 Å². The monoisotopic (exact) mass is 460 g/mol. The van der Waals surface area contributed by atoms with Gasteiger partial charge in [0, 0.05) is 0 Å². The molecule has 1 aliphatic rings. The maximum atomic E-state index is 13.0. The lowest BCUT2D eigenvalue weighted by Gasteiger charge is -2.15. The second kappa shape index (κ2) is 9.92. The van der Waals surface area contributed by atoms with Crippen LogP contribution in [0.3, 0.4) is 0 Å². The van der Waals surface area contributed by atoms with Crippen molar-refractivity contribution >= 4 is 35.0 Å². The number of rotatable bonds is 7. The number of hydrazone groups is 1. The van der Waals surface area contributed by atoms with Crippen LogP contribution in [0.15, 0.2) is 77.4 Å². The first-order valence-corrected chi connectivity index (χ1v) is 11.2. The van der Waals surface area contributed by atoms with Crippen molar-refractivity contribution in [3.63, 3.8) is 0 Å². The van der Waals surface area contributed by atoms with Crippen LogP contribution in [0.5, 0.6) is 11.5 Å². The van der Waals surface area contributed by atoms with Crippen molar-refractivity contribution in [1.82, 2.24) is 0 Å². The van der Waals surface area contributed by atoms with E-state index in [2.05, 4.69) is 11.2 Å². The molecule has 0 spiro atoms. The molecule has 0 unspecified atom stereocenters. The summed E-state index contributed by atoms with van der Waals surface area (Å²) < 4.78 is 11.8. The predicted molar refractivity (Wildman–Crippen MR) is 133 cm³/mol. The molecule has 1 amide bonds. The first-order chi connectivity index (χ1) is 16.0. The van der Waals surface area contributed by atoms with Crippen molar-refractivity contribution in [1.29, 1.82) is 0 Å². The number of para-hydroxylation sites is 1. The van der Waals surface area contributed by atoms with Crippen LogP contribution in [0.1, 0.15) is 30.5 Å². The maximum Gasteiger partial charge on any atom is 0.280 e. The number of carbonyl (C=O) groups excluding carboxylic acids is 1. The summed E-state index contributed by atoms with van der Waals surface area (Å²) in [6.07, 6.45) is 1.78. The van der Waals surface area contributed by atoms with Gasteiger partial charge in [0.1, 0.15) is 6.61 Å². The van der Waals surface area contributed by atoms with Crippen LogP contribution in [0.25, 0.3) is 6.08 Å². The molecule has 1 aliphatic heterocycles. The molecule has 0 aliphatic carbocycles. The van der Waals surface area contributed by atoms with E-state index in [1.165, 1.54) is 5.01 Å². The average Bonchev–Trinajstić information content (AvgIpc) is 3.08. The Balaban J connectivity index is 1.61. The van der Waals surface area contributed by atoms with Gasteiger partial charge in [0.2, 0.25) is 0 Å². The van der Waals surface area contributed by atoms with Gasteiger partial charge < -0.3 is 9.47 Å². The molecule has 3 aromatic rings. The van der Waals surface area contributed by atoms with Gasteiger partial charge in [-0.05, 0) is 62.2 Å². The van der Waals surface area contributed by atoms with E-state index in [9.17, 15) is 4.79 Å². The highest BCUT2D eigenvalue weighted by Crippen LogP contribution is 2.38. The first kappa shape index (κ1) is 22.6. The third kappa shape index (κ3) is 5.10. The van der Waals surface area contributed by atoms with E-state index < -0.39 is 0 Å². The minimum Gasteiger partial charge on any atom is -0.490 e. The molecule has 0 aromatic heterocycles. The lowest BCUT2D eigenvalue weighted by molar-refractivity contribution is -0.114. The summed E-state index contributed by atoms with van der Waals surface area (Å²) in [6, 6.07) is 21.1. The van der Waals surface area contributed by atoms with Gasteiger partial charge in [0.25, 0.3) is 5.91 Å². The molecule has 3 aromatic carbocycles. The van der Waals surface area contributed by atoms with Crippen LogP contribution < -0.4 is 14.5 Å². The minimum absolute atomic E-state index is 0.187. The number of anilines is 1. The Hall–Kier alpha value is -3.57. The molecule has 1 heterocycles. The molecular formula is C27H25ClN2O3. The van der Waals surface area contributed by atoms with Gasteiger partial charge in [-0.2, -0.15) is 10.1 Å². The summed E-state index contributed by atoms with van der Waals surface area (Å²) >= 11 is 6.59. The fourth-order valence-electron chi connectivity index (χ4n) is 3.63. The minimum atomic E-state index is -0.187. The summed E-state index contributed by atoms with van der Waals surface area (Å²) in [5.74, 6) is 0.827. The van der Waals surface area contributed by atoms with Crippen LogP contribution in [0, 0.1) is 6.92 Å². The van der Waals surface area contributed by atoms with Crippen LogP contribution in [-0.4, -0.2) is 18.2 Å². The highest BCUT2D eigenvalue weighted by Gasteiger charge is 2.28. The van der Waals surface area contributed by atoms with E-state index in [1.54, 1.807) is 12.1 Å². The number of hydrogen-bond donors (Lipinski definition) is 0. The number of carbonyl (C=O) groups is 1. The second-order valence-corrected chi connectivity index (χ2v) is 8.14. The summed E-state index contributed by atoms with van der Waals surface area (Å²) in [7, 11) is 0. The standard InChI is InChI=1S/C27H25ClN2O3/c1-4-32-25-16-21(15-24(28)26(25)33-17-20-10-8-9-18(2)13-20)14-23-19(3)29-30(27(23)31)22-11-6-5-7-12-22/h5-16H,4,17H2,1-3H3/b23-14+. The molecule has 0 fully saturated rings. The van der Waals surface area contributed by atoms with E-state index in [0.717, 1.165) is 22.4 Å². The Morgan fingerprint density at radius 3 is 2.52 bits per heavy atom. The Kier molecular flexibility index (Phi) is 6.80. The van der Waals surface area contributed by atoms with Crippen molar-refractivity contribution in [2.45, 2.75) is 27.4 Å². The fourth-order valence-corrected chi connectivity index (χ4v) is 3.90. The van der Waals surface area contributed by atoms with Gasteiger partial charge in [-0.3, -0.25) is 4.79 Å². The van der Waals surface area contributed by atoms with E-state index in [-0.39, 0.29) is 5.91 Å². The Morgan fingerprint density at radius 1 is 1.00 bits per heavy atom. The molecule has 0 N–H and O–H groups in total. The first-order valence-electron chi connectivity index (χ1n) is 10.8. The highest BCUT2D eigenvalue weighted by atomic mass is 35.5. The Labute approximate surface area is 198 Å². The summed E-state index contributed by atoms with van der Waals surface area (Å²) in [5, 5.41) is 6.25. The number of benzene rings is 3. The zero-order valence-electron chi connectivity index (χ0n) is 18.8. The van der Waals surface area contributed by atoms with Crippen molar-refractivity contribution in [3.8, 4) is 11.5 Å². The maximum absolute atomic E-state index is 13.0. The molecule has 0 saturated heterocycles. The third-order valence-electron chi connectivity index (χ3n) is 5.17. The van der Waals surface area contributed by atoms with Gasteiger partial charge in [-0.25, -0.2) is 0 Å². The van der Waals surface area contributed by atoms with Gasteiger partial charge in [0.15, 0.2) is 11.5 Å². The molecule has 4 rings (SSSR count). The van der Waals surface area contributed by atoms with Crippen LogP contribution in [-0.2, 0) is 11.4 Å².